The van der Waals surface area contributed by atoms with Gasteiger partial charge in [-0.05, 0) is 57.0 Å². The van der Waals surface area contributed by atoms with Gasteiger partial charge in [-0.2, -0.15) is 0 Å². The highest BCUT2D eigenvalue weighted by molar-refractivity contribution is 5.85. The fraction of sp³-hybridized carbons (Fsp3) is 0.929. The van der Waals surface area contributed by atoms with E-state index >= 15 is 0 Å². The van der Waals surface area contributed by atoms with E-state index in [0.29, 0.717) is 11.3 Å². The zero-order valence-corrected chi connectivity index (χ0v) is 12.2. The number of likely N-dealkylation sites (tertiary alicyclic amines) is 1. The Morgan fingerprint density at radius 2 is 1.83 bits per heavy atom. The molecule has 3 rings (SSSR count). The molecule has 0 aromatic carbocycles. The Morgan fingerprint density at radius 3 is 2.39 bits per heavy atom. The topological polar surface area (TPSA) is 32.3 Å². The molecule has 0 bridgehead atoms. The Kier molecular flexibility index (Phi) is 3.93. The van der Waals surface area contributed by atoms with Crippen LogP contribution in [0.4, 0.5) is 0 Å². The highest BCUT2D eigenvalue weighted by Crippen LogP contribution is 2.51. The van der Waals surface area contributed by atoms with Gasteiger partial charge in [0.15, 0.2) is 0 Å². The maximum Gasteiger partial charge on any atom is 0.228 e. The minimum atomic E-state index is 0. The van der Waals surface area contributed by atoms with Crippen molar-refractivity contribution in [3.63, 3.8) is 0 Å². The second kappa shape index (κ2) is 5.01. The molecule has 2 aliphatic heterocycles. The number of hydrogen-bond donors (Lipinski definition) is 1. The molecule has 3 fully saturated rings. The van der Waals surface area contributed by atoms with Crippen molar-refractivity contribution in [3.8, 4) is 0 Å². The first-order chi connectivity index (χ1) is 8.20. The highest BCUT2D eigenvalue weighted by atomic mass is 35.5. The lowest BCUT2D eigenvalue weighted by molar-refractivity contribution is -0.136. The van der Waals surface area contributed by atoms with Gasteiger partial charge in [-0.15, -0.1) is 12.4 Å². The van der Waals surface area contributed by atoms with Crippen LogP contribution in [0.5, 0.6) is 0 Å². The third kappa shape index (κ3) is 2.27. The molecule has 4 heteroatoms. The van der Waals surface area contributed by atoms with Crippen molar-refractivity contribution in [2.75, 3.05) is 26.2 Å². The number of nitrogens with one attached hydrogen (secondary N) is 1. The standard InChI is InChI=1S/C14H24N2O.ClH/c1-2-14(3-4-14)12(17)16-10-7-13(11-16)5-8-15-9-6-13;/h15H,2-11H2,1H3;1H. The van der Waals surface area contributed by atoms with Gasteiger partial charge >= 0.3 is 0 Å². The summed E-state index contributed by atoms with van der Waals surface area (Å²) < 4.78 is 0. The second-order valence-electron chi connectivity index (χ2n) is 6.36. The molecule has 0 radical (unpaired) electrons. The Morgan fingerprint density at radius 1 is 1.17 bits per heavy atom. The molecule has 0 aromatic rings. The maximum absolute atomic E-state index is 12.5. The number of piperidine rings is 1. The average molecular weight is 273 g/mol. The van der Waals surface area contributed by atoms with E-state index in [1.165, 1.54) is 19.3 Å². The third-order valence-corrected chi connectivity index (χ3v) is 5.37. The first-order valence-corrected chi connectivity index (χ1v) is 7.20. The second-order valence-corrected chi connectivity index (χ2v) is 6.36. The van der Waals surface area contributed by atoms with E-state index < -0.39 is 0 Å². The summed E-state index contributed by atoms with van der Waals surface area (Å²) in [5.41, 5.74) is 0.531. The Hall–Kier alpha value is -0.280. The summed E-state index contributed by atoms with van der Waals surface area (Å²) in [7, 11) is 0. The van der Waals surface area contributed by atoms with E-state index in [4.69, 9.17) is 0 Å². The summed E-state index contributed by atoms with van der Waals surface area (Å²) in [5, 5.41) is 3.43. The average Bonchev–Trinajstić information content (AvgIpc) is 3.08. The molecule has 1 amide bonds. The number of nitrogens with zero attached hydrogens (tertiary/aromatic N) is 1. The van der Waals surface area contributed by atoms with Crippen LogP contribution in [0.1, 0.15) is 45.4 Å². The Bertz CT molecular complexity index is 322. The molecule has 0 unspecified atom stereocenters. The maximum atomic E-state index is 12.5. The van der Waals surface area contributed by atoms with Gasteiger partial charge in [-0.3, -0.25) is 4.79 Å². The fourth-order valence-electron chi connectivity index (χ4n) is 3.68. The van der Waals surface area contributed by atoms with Crippen molar-refractivity contribution < 1.29 is 4.79 Å². The number of amides is 1. The predicted molar refractivity (Wildman–Crippen MR) is 74.9 cm³/mol. The van der Waals surface area contributed by atoms with E-state index in [0.717, 1.165) is 45.4 Å². The molecule has 1 N–H and O–H groups in total. The van der Waals surface area contributed by atoms with Crippen LogP contribution in [0, 0.1) is 10.8 Å². The van der Waals surface area contributed by atoms with Gasteiger partial charge in [0.2, 0.25) is 5.91 Å². The largest absolute Gasteiger partial charge is 0.342 e. The van der Waals surface area contributed by atoms with Gasteiger partial charge in [0.1, 0.15) is 0 Å². The zero-order valence-electron chi connectivity index (χ0n) is 11.3. The van der Waals surface area contributed by atoms with Gasteiger partial charge in [0.25, 0.3) is 0 Å². The van der Waals surface area contributed by atoms with E-state index in [2.05, 4.69) is 17.1 Å². The van der Waals surface area contributed by atoms with Gasteiger partial charge in [-0.25, -0.2) is 0 Å². The molecular weight excluding hydrogens is 248 g/mol. The molecule has 1 saturated carbocycles. The van der Waals surface area contributed by atoms with Gasteiger partial charge in [-0.1, -0.05) is 6.92 Å². The molecule has 3 nitrogen and oxygen atoms in total. The minimum Gasteiger partial charge on any atom is -0.342 e. The van der Waals surface area contributed by atoms with Crippen LogP contribution in [-0.4, -0.2) is 37.0 Å². The van der Waals surface area contributed by atoms with E-state index in [1.54, 1.807) is 0 Å². The lowest BCUT2D eigenvalue weighted by atomic mass is 9.78. The first-order valence-electron chi connectivity index (χ1n) is 7.20. The minimum absolute atomic E-state index is 0. The van der Waals surface area contributed by atoms with Crippen LogP contribution in [0.3, 0.4) is 0 Å². The molecule has 0 aromatic heterocycles. The summed E-state index contributed by atoms with van der Waals surface area (Å²) in [4.78, 5) is 14.7. The van der Waals surface area contributed by atoms with Crippen molar-refractivity contribution >= 4 is 18.3 Å². The molecule has 1 aliphatic carbocycles. The zero-order chi connectivity index (χ0) is 11.9. The van der Waals surface area contributed by atoms with Crippen LogP contribution >= 0.6 is 12.4 Å². The normalized spacial score (nSPS) is 27.9. The quantitative estimate of drug-likeness (QED) is 0.836. The Labute approximate surface area is 116 Å². The van der Waals surface area contributed by atoms with Gasteiger partial charge in [0, 0.05) is 18.5 Å². The lowest BCUT2D eigenvalue weighted by Crippen LogP contribution is -2.41. The molecular formula is C14H25ClN2O. The monoisotopic (exact) mass is 272 g/mol. The number of carbonyl (C=O) groups is 1. The summed E-state index contributed by atoms with van der Waals surface area (Å²) in [6, 6.07) is 0. The van der Waals surface area contributed by atoms with Crippen LogP contribution in [-0.2, 0) is 4.79 Å². The summed E-state index contributed by atoms with van der Waals surface area (Å²) in [6.07, 6.45) is 7.06. The van der Waals surface area contributed by atoms with Crippen molar-refractivity contribution in [2.45, 2.75) is 45.4 Å². The number of carbonyl (C=O) groups excluding carboxylic acids is 1. The Balaban J connectivity index is 0.00000120. The van der Waals surface area contributed by atoms with Crippen molar-refractivity contribution in [1.82, 2.24) is 10.2 Å². The van der Waals surface area contributed by atoms with Crippen LogP contribution in [0.2, 0.25) is 0 Å². The summed E-state index contributed by atoms with van der Waals surface area (Å²) in [6.45, 7) is 6.50. The SMILES string of the molecule is CCC1(C(=O)N2CCC3(CCNCC3)C2)CC1.Cl. The number of halogens is 1. The lowest BCUT2D eigenvalue weighted by Gasteiger charge is -2.34. The molecule has 18 heavy (non-hydrogen) atoms. The molecule has 3 aliphatic rings. The first kappa shape index (κ1) is 14.1. The van der Waals surface area contributed by atoms with Crippen LogP contribution < -0.4 is 5.32 Å². The summed E-state index contributed by atoms with van der Waals surface area (Å²) >= 11 is 0. The molecule has 104 valence electrons. The molecule has 2 heterocycles. The smallest absolute Gasteiger partial charge is 0.228 e. The van der Waals surface area contributed by atoms with Crippen molar-refractivity contribution in [1.29, 1.82) is 0 Å². The van der Waals surface area contributed by atoms with Crippen molar-refractivity contribution in [2.24, 2.45) is 10.8 Å². The third-order valence-electron chi connectivity index (χ3n) is 5.37. The van der Waals surface area contributed by atoms with Gasteiger partial charge < -0.3 is 10.2 Å². The summed E-state index contributed by atoms with van der Waals surface area (Å²) in [5.74, 6) is 0.468. The van der Waals surface area contributed by atoms with Gasteiger partial charge in [0.05, 0.1) is 0 Å². The predicted octanol–water partition coefficient (Wildman–Crippen LogP) is 2.20. The van der Waals surface area contributed by atoms with Crippen LogP contribution in [0.25, 0.3) is 0 Å². The van der Waals surface area contributed by atoms with E-state index in [1.807, 2.05) is 0 Å². The van der Waals surface area contributed by atoms with E-state index in [-0.39, 0.29) is 17.8 Å². The highest BCUT2D eigenvalue weighted by Gasteiger charge is 2.52. The van der Waals surface area contributed by atoms with E-state index in [9.17, 15) is 4.79 Å². The van der Waals surface area contributed by atoms with Crippen LogP contribution in [0.15, 0.2) is 0 Å². The molecule has 1 spiro atoms. The van der Waals surface area contributed by atoms with Crippen molar-refractivity contribution in [3.05, 3.63) is 0 Å². The number of rotatable bonds is 2. The fourth-order valence-corrected chi connectivity index (χ4v) is 3.68. The number of hydrogen-bond acceptors (Lipinski definition) is 2. The molecule has 0 atom stereocenters. The molecule has 2 saturated heterocycles.